The van der Waals surface area contributed by atoms with Gasteiger partial charge in [-0.1, -0.05) is 30.3 Å². The van der Waals surface area contributed by atoms with Crippen molar-refractivity contribution >= 4 is 46.1 Å². The van der Waals surface area contributed by atoms with Gasteiger partial charge in [-0.15, -0.1) is 11.3 Å². The Balaban J connectivity index is 1.72. The Morgan fingerprint density at radius 1 is 1.04 bits per heavy atom. The van der Waals surface area contributed by atoms with Crippen LogP contribution in [0.2, 0.25) is 0 Å². The largest absolute Gasteiger partial charge is 0.727 e. The molecule has 0 unspecified atom stereocenters. The summed E-state index contributed by atoms with van der Waals surface area (Å²) in [6.45, 7) is 0. The van der Waals surface area contributed by atoms with Gasteiger partial charge in [0.1, 0.15) is 0 Å². The Labute approximate surface area is 152 Å². The van der Waals surface area contributed by atoms with Crippen molar-refractivity contribution in [1.29, 1.82) is 0 Å². The average molecular weight is 356 g/mol. The van der Waals surface area contributed by atoms with Crippen LogP contribution in [0.15, 0.2) is 77.2 Å². The lowest BCUT2D eigenvalue weighted by Crippen LogP contribution is -2.58. The third kappa shape index (κ3) is 1.77. The molecule has 3 aromatic heterocycles. The molecule has 0 radical (unpaired) electrons. The van der Waals surface area contributed by atoms with E-state index >= 15 is 4.32 Å². The van der Waals surface area contributed by atoms with Crippen molar-refractivity contribution in [1.82, 2.24) is 4.48 Å². The fourth-order valence-electron chi connectivity index (χ4n) is 3.88. The quantitative estimate of drug-likeness (QED) is 0.403. The predicted molar refractivity (Wildman–Crippen MR) is 103 cm³/mol. The van der Waals surface area contributed by atoms with Crippen LogP contribution in [0.1, 0.15) is 0 Å². The van der Waals surface area contributed by atoms with Crippen molar-refractivity contribution in [3.8, 4) is 10.4 Å². The second kappa shape index (κ2) is 5.02. The first-order valence-electron chi connectivity index (χ1n) is 8.44. The van der Waals surface area contributed by atoms with Gasteiger partial charge in [-0.2, -0.15) is 0 Å². The van der Waals surface area contributed by atoms with Crippen molar-refractivity contribution in [3.05, 3.63) is 77.7 Å². The lowest BCUT2D eigenvalue weighted by Gasteiger charge is -2.10. The third-order valence-corrected chi connectivity index (χ3v) is 5.96. The number of halogens is 1. The highest BCUT2D eigenvalue weighted by Gasteiger charge is 2.39. The molecular weight excluding hydrogens is 344 g/mol. The Hall–Kier alpha value is -2.99. The maximum absolute atomic E-state index is 15.5. The summed E-state index contributed by atoms with van der Waals surface area (Å²) in [6, 6.07) is 20.1. The Morgan fingerprint density at radius 3 is 2.77 bits per heavy atom. The van der Waals surface area contributed by atoms with Gasteiger partial charge in [-0.3, -0.25) is 8.79 Å². The number of hydrogen-bond acceptors (Lipinski definition) is 2. The highest BCUT2D eigenvalue weighted by atomic mass is 32.1. The van der Waals surface area contributed by atoms with E-state index in [2.05, 4.69) is 18.2 Å². The molecule has 0 saturated carbocycles. The van der Waals surface area contributed by atoms with E-state index in [0.717, 1.165) is 32.1 Å². The summed E-state index contributed by atoms with van der Waals surface area (Å²) in [6.07, 6.45) is 1.79. The van der Waals surface area contributed by atoms with Crippen LogP contribution in [0.5, 0.6) is 0 Å². The molecule has 0 atom stereocenters. The molecule has 0 saturated heterocycles. The number of thiophene rings is 1. The van der Waals surface area contributed by atoms with Crippen LogP contribution < -0.4 is 9.97 Å². The van der Waals surface area contributed by atoms with E-state index in [1.165, 1.54) is 0 Å². The number of rotatable bonds is 1. The van der Waals surface area contributed by atoms with Crippen molar-refractivity contribution in [2.24, 2.45) is 4.99 Å². The first kappa shape index (κ1) is 14.2. The molecule has 1 aliphatic heterocycles. The summed E-state index contributed by atoms with van der Waals surface area (Å²) < 4.78 is 18.8. The smallest absolute Gasteiger partial charge is 0.274 e. The molecule has 1 aliphatic rings. The van der Waals surface area contributed by atoms with Crippen LogP contribution >= 0.6 is 11.3 Å². The summed E-state index contributed by atoms with van der Waals surface area (Å²) >= 11 is 1.67. The number of pyridine rings is 1. The molecule has 26 heavy (non-hydrogen) atoms. The summed E-state index contributed by atoms with van der Waals surface area (Å²) in [7, 11) is -1.31. The highest BCUT2D eigenvalue weighted by molar-refractivity contribution is 7.13. The fourth-order valence-corrected chi connectivity index (χ4v) is 4.60. The van der Waals surface area contributed by atoms with Gasteiger partial charge < -0.3 is 0 Å². The number of hydrogen-bond donors (Lipinski definition) is 0. The summed E-state index contributed by atoms with van der Waals surface area (Å²) in [5, 5.41) is 5.22. The predicted octanol–water partition coefficient (Wildman–Crippen LogP) is 4.14. The molecule has 0 spiro atoms. The second-order valence-electron chi connectivity index (χ2n) is 6.46. The molecule has 0 bridgehead atoms. The first-order valence-corrected chi connectivity index (χ1v) is 9.32. The summed E-state index contributed by atoms with van der Waals surface area (Å²) in [5.41, 5.74) is 2.63. The molecule has 0 amide bonds. The van der Waals surface area contributed by atoms with Gasteiger partial charge in [-0.05, 0) is 40.0 Å². The molecule has 3 nitrogen and oxygen atoms in total. The first-order chi connectivity index (χ1) is 12.8. The van der Waals surface area contributed by atoms with Gasteiger partial charge in [0.2, 0.25) is 5.49 Å². The van der Waals surface area contributed by atoms with Gasteiger partial charge >= 0.3 is 13.1 Å². The van der Waals surface area contributed by atoms with Gasteiger partial charge in [0.15, 0.2) is 0 Å². The van der Waals surface area contributed by atoms with Gasteiger partial charge in [0, 0.05) is 27.4 Å². The van der Waals surface area contributed by atoms with Crippen molar-refractivity contribution in [3.63, 3.8) is 0 Å². The molecule has 4 heterocycles. The van der Waals surface area contributed by atoms with Crippen LogP contribution in [-0.2, 0) is 0 Å². The summed E-state index contributed by atoms with van der Waals surface area (Å²) in [4.78, 5) is 5.99. The molecule has 0 fully saturated rings. The molecule has 122 valence electrons. The van der Waals surface area contributed by atoms with Crippen LogP contribution in [0, 0.1) is 0 Å². The zero-order valence-corrected chi connectivity index (χ0v) is 14.4. The lowest BCUT2D eigenvalue weighted by molar-refractivity contribution is -0.536. The number of fused-ring (bicyclic) bond motifs is 4. The van der Waals surface area contributed by atoms with Crippen molar-refractivity contribution < 1.29 is 8.79 Å². The summed E-state index contributed by atoms with van der Waals surface area (Å²) in [5.74, 6) is 0.638. The van der Waals surface area contributed by atoms with E-state index in [9.17, 15) is 0 Å². The van der Waals surface area contributed by atoms with E-state index in [1.807, 2.05) is 47.8 Å². The Bertz CT molecular complexity index is 1350. The number of nitrogens with zero attached hydrogens (tertiary/aromatic N) is 3. The molecule has 0 aliphatic carbocycles. The monoisotopic (exact) mass is 356 g/mol. The minimum Gasteiger partial charge on any atom is -0.274 e. The fraction of sp³-hybridized carbons (Fsp3) is 0. The van der Waals surface area contributed by atoms with Gasteiger partial charge in [-0.25, -0.2) is 4.48 Å². The van der Waals surface area contributed by atoms with Gasteiger partial charge in [0.25, 0.3) is 0 Å². The number of benzene rings is 2. The normalized spacial score (nSPS) is 13.0. The topological polar surface area (TPSA) is 21.2 Å². The van der Waals surface area contributed by atoms with E-state index in [4.69, 9.17) is 4.99 Å². The van der Waals surface area contributed by atoms with Crippen LogP contribution in [0.25, 0.3) is 32.1 Å². The standard InChI is InChI=1S/C20H12BFN3S/c22-21-24-10-9-14(17-8-3-11-26-17)12-18(24)23-20-15-6-1-4-13-5-2-7-16(19(13)15)25(20)21/h1-12H/q+1. The van der Waals surface area contributed by atoms with Crippen LogP contribution in [0.4, 0.5) is 10.1 Å². The zero-order valence-electron chi connectivity index (χ0n) is 13.6. The zero-order chi connectivity index (χ0) is 17.3. The van der Waals surface area contributed by atoms with E-state index in [1.54, 1.807) is 26.5 Å². The SMILES string of the molecule is FB1n2c(c3cccc4cccc2c43)=Nc2cc(-c3cccs3)cc[n+]21. The second-order valence-corrected chi connectivity index (χ2v) is 7.40. The highest BCUT2D eigenvalue weighted by Crippen LogP contribution is 2.29. The van der Waals surface area contributed by atoms with Crippen LogP contribution in [0.3, 0.4) is 0 Å². The van der Waals surface area contributed by atoms with E-state index < -0.39 is 7.26 Å². The van der Waals surface area contributed by atoms with E-state index in [-0.39, 0.29) is 0 Å². The Kier molecular flexibility index (Phi) is 2.74. The van der Waals surface area contributed by atoms with Gasteiger partial charge in [0.05, 0.1) is 11.6 Å². The molecule has 2 aromatic carbocycles. The molecule has 5 aromatic rings. The van der Waals surface area contributed by atoms with E-state index in [0.29, 0.717) is 11.3 Å². The van der Waals surface area contributed by atoms with Crippen LogP contribution in [-0.4, -0.2) is 11.7 Å². The Morgan fingerprint density at radius 2 is 1.92 bits per heavy atom. The number of aromatic nitrogens is 2. The average Bonchev–Trinajstić information content (AvgIpc) is 3.31. The lowest BCUT2D eigenvalue weighted by atomic mass is 10.0. The molecular formula is C20H12BFN3S+. The minimum absolute atomic E-state index is 0.638. The van der Waals surface area contributed by atoms with Crippen molar-refractivity contribution in [2.75, 3.05) is 0 Å². The molecule has 6 rings (SSSR count). The van der Waals surface area contributed by atoms with Crippen molar-refractivity contribution in [2.45, 2.75) is 0 Å². The molecule has 0 N–H and O–H groups in total. The minimum atomic E-state index is -1.31. The maximum atomic E-state index is 15.5. The maximum Gasteiger partial charge on any atom is 0.727 e. The third-order valence-electron chi connectivity index (χ3n) is 5.04. The molecule has 6 heteroatoms.